The molecule has 1 N–H and O–H groups in total. The third-order valence-corrected chi connectivity index (χ3v) is 6.56. The molecule has 1 aliphatic heterocycles. The largest absolute Gasteiger partial charge is 0.497 e. The fourth-order valence-electron chi connectivity index (χ4n) is 4.05. The Morgan fingerprint density at radius 2 is 1.70 bits per heavy atom. The van der Waals surface area contributed by atoms with Crippen molar-refractivity contribution < 1.29 is 9.72 Å². The number of nitrogens with zero attached hydrogens (tertiary/aromatic N) is 3. The van der Waals surface area contributed by atoms with Gasteiger partial charge in [0.15, 0.2) is 10.8 Å². The molecule has 5 rings (SSSR count). The SMILES string of the molecule is COc1ccc(-c2csc(N3CCN(c4cc(C)[nH+]c5ccccc45)CC3)n2)cc1. The second-order valence-corrected chi connectivity index (χ2v) is 8.44. The topological polar surface area (TPSA) is 42.7 Å². The number of H-pyrrole nitrogens is 1. The van der Waals surface area contributed by atoms with E-state index in [1.54, 1.807) is 18.4 Å². The molecule has 1 fully saturated rings. The van der Waals surface area contributed by atoms with Gasteiger partial charge in [0.1, 0.15) is 5.75 Å². The minimum absolute atomic E-state index is 0.867. The monoisotopic (exact) mass is 417 g/mol. The van der Waals surface area contributed by atoms with Gasteiger partial charge in [0.2, 0.25) is 5.52 Å². The lowest BCUT2D eigenvalue weighted by Crippen LogP contribution is -2.46. The second-order valence-electron chi connectivity index (χ2n) is 7.60. The molecule has 2 aromatic carbocycles. The van der Waals surface area contributed by atoms with Gasteiger partial charge < -0.3 is 14.5 Å². The second kappa shape index (κ2) is 7.95. The third-order valence-electron chi connectivity index (χ3n) is 5.66. The van der Waals surface area contributed by atoms with Gasteiger partial charge in [0, 0.05) is 56.2 Å². The number of methoxy groups -OCH3 is 1. The minimum Gasteiger partial charge on any atom is -0.497 e. The zero-order valence-electron chi connectivity index (χ0n) is 17.3. The first-order valence-electron chi connectivity index (χ1n) is 10.2. The molecule has 0 amide bonds. The van der Waals surface area contributed by atoms with E-state index >= 15 is 0 Å². The van der Waals surface area contributed by atoms with Crippen LogP contribution in [0, 0.1) is 6.92 Å². The van der Waals surface area contributed by atoms with E-state index in [-0.39, 0.29) is 0 Å². The van der Waals surface area contributed by atoms with Crippen LogP contribution in [0.3, 0.4) is 0 Å². The third kappa shape index (κ3) is 3.59. The lowest BCUT2D eigenvalue weighted by molar-refractivity contribution is -0.354. The molecule has 0 radical (unpaired) electrons. The van der Waals surface area contributed by atoms with Gasteiger partial charge in [-0.25, -0.2) is 9.97 Å². The van der Waals surface area contributed by atoms with Crippen LogP contribution in [0.4, 0.5) is 10.8 Å². The summed E-state index contributed by atoms with van der Waals surface area (Å²) in [5, 5.41) is 4.53. The molecule has 0 spiro atoms. The van der Waals surface area contributed by atoms with E-state index in [0.717, 1.165) is 48.3 Å². The number of aromatic nitrogens is 2. The molecule has 0 saturated carbocycles. The highest BCUT2D eigenvalue weighted by atomic mass is 32.1. The molecule has 6 heteroatoms. The lowest BCUT2D eigenvalue weighted by atomic mass is 10.1. The van der Waals surface area contributed by atoms with Crippen molar-refractivity contribution in [3.8, 4) is 17.0 Å². The predicted molar refractivity (Wildman–Crippen MR) is 124 cm³/mol. The average molecular weight is 418 g/mol. The summed E-state index contributed by atoms with van der Waals surface area (Å²) in [4.78, 5) is 13.3. The Balaban J connectivity index is 1.31. The first-order chi connectivity index (χ1) is 14.7. The molecular formula is C24H25N4OS+. The molecule has 3 heterocycles. The summed E-state index contributed by atoms with van der Waals surface area (Å²) in [5.41, 5.74) is 5.86. The van der Waals surface area contributed by atoms with Gasteiger partial charge in [-0.2, -0.15) is 0 Å². The molecule has 1 saturated heterocycles. The first kappa shape index (κ1) is 18.9. The Morgan fingerprint density at radius 3 is 2.47 bits per heavy atom. The van der Waals surface area contributed by atoms with Crippen LogP contribution in [-0.4, -0.2) is 38.3 Å². The Labute approximate surface area is 180 Å². The standard InChI is InChI=1S/C24H24N4OS/c1-17-15-23(20-5-3-4-6-21(20)25-17)27-11-13-28(14-12-27)24-26-22(16-30-24)18-7-9-19(29-2)10-8-18/h3-10,15-16H,11-14H2,1-2H3/p+1. The zero-order valence-corrected chi connectivity index (χ0v) is 18.1. The quantitative estimate of drug-likeness (QED) is 0.493. The van der Waals surface area contributed by atoms with E-state index < -0.39 is 0 Å². The number of para-hydroxylation sites is 1. The summed E-state index contributed by atoms with van der Waals surface area (Å²) in [7, 11) is 1.69. The Bertz CT molecular complexity index is 1160. The number of hydrogen-bond acceptors (Lipinski definition) is 5. The number of piperazine rings is 1. The van der Waals surface area contributed by atoms with Gasteiger partial charge in [0.25, 0.3) is 0 Å². The summed E-state index contributed by atoms with van der Waals surface area (Å²) in [6.45, 7) is 6.06. The summed E-state index contributed by atoms with van der Waals surface area (Å²) in [6.07, 6.45) is 0. The Kier molecular flexibility index (Phi) is 5.01. The molecule has 2 aromatic heterocycles. The van der Waals surface area contributed by atoms with E-state index in [1.807, 2.05) is 12.1 Å². The summed E-state index contributed by atoms with van der Waals surface area (Å²) >= 11 is 1.72. The predicted octanol–water partition coefficient (Wildman–Crippen LogP) is 4.42. The smallest absolute Gasteiger partial charge is 0.213 e. The maximum absolute atomic E-state index is 5.25. The highest BCUT2D eigenvalue weighted by Gasteiger charge is 2.22. The number of rotatable bonds is 4. The van der Waals surface area contributed by atoms with Crippen LogP contribution in [0.5, 0.6) is 5.75 Å². The van der Waals surface area contributed by atoms with Crippen LogP contribution >= 0.6 is 11.3 Å². The molecular weight excluding hydrogens is 392 g/mol. The highest BCUT2D eigenvalue weighted by molar-refractivity contribution is 7.14. The number of pyridine rings is 1. The molecule has 5 nitrogen and oxygen atoms in total. The maximum atomic E-state index is 5.25. The van der Waals surface area contributed by atoms with Gasteiger partial charge in [-0.15, -0.1) is 11.3 Å². The summed E-state index contributed by atoms with van der Waals surface area (Å²) < 4.78 is 5.25. The van der Waals surface area contributed by atoms with Crippen LogP contribution in [0.1, 0.15) is 5.69 Å². The fraction of sp³-hybridized carbons (Fsp3) is 0.250. The van der Waals surface area contributed by atoms with E-state index in [1.165, 1.54) is 22.3 Å². The van der Waals surface area contributed by atoms with Crippen molar-refractivity contribution in [1.82, 2.24) is 4.98 Å². The van der Waals surface area contributed by atoms with E-state index in [4.69, 9.17) is 9.72 Å². The molecule has 0 bridgehead atoms. The molecule has 0 unspecified atom stereocenters. The molecule has 30 heavy (non-hydrogen) atoms. The maximum Gasteiger partial charge on any atom is 0.213 e. The molecule has 0 atom stereocenters. The van der Waals surface area contributed by atoms with Crippen LogP contribution in [0.2, 0.25) is 0 Å². The molecule has 0 aliphatic carbocycles. The summed E-state index contributed by atoms with van der Waals surface area (Å²) in [6, 6.07) is 18.9. The van der Waals surface area contributed by atoms with E-state index in [0.29, 0.717) is 0 Å². The van der Waals surface area contributed by atoms with Gasteiger partial charge in [0.05, 0.1) is 23.9 Å². The van der Waals surface area contributed by atoms with Gasteiger partial charge in [-0.1, -0.05) is 12.1 Å². The van der Waals surface area contributed by atoms with Crippen molar-refractivity contribution in [3.05, 3.63) is 65.7 Å². The number of benzene rings is 2. The number of fused-ring (bicyclic) bond motifs is 1. The number of thiazole rings is 1. The van der Waals surface area contributed by atoms with Crippen molar-refractivity contribution in [2.75, 3.05) is 43.1 Å². The van der Waals surface area contributed by atoms with Gasteiger partial charge >= 0.3 is 0 Å². The van der Waals surface area contributed by atoms with Gasteiger partial charge in [-0.05, 0) is 30.3 Å². The minimum atomic E-state index is 0.867. The van der Waals surface area contributed by atoms with Crippen LogP contribution in [0.25, 0.3) is 22.2 Å². The fourth-order valence-corrected chi connectivity index (χ4v) is 4.94. The summed E-state index contributed by atoms with van der Waals surface area (Å²) in [5.74, 6) is 0.867. The molecule has 1 aliphatic rings. The highest BCUT2D eigenvalue weighted by Crippen LogP contribution is 2.31. The number of nitrogens with one attached hydrogen (secondary N) is 1. The first-order valence-corrected chi connectivity index (χ1v) is 11.1. The van der Waals surface area contributed by atoms with Crippen molar-refractivity contribution >= 4 is 33.1 Å². The van der Waals surface area contributed by atoms with Crippen molar-refractivity contribution in [2.24, 2.45) is 0 Å². The van der Waals surface area contributed by atoms with E-state index in [9.17, 15) is 0 Å². The van der Waals surface area contributed by atoms with Crippen molar-refractivity contribution in [3.63, 3.8) is 0 Å². The normalized spacial score (nSPS) is 14.3. The van der Waals surface area contributed by atoms with Gasteiger partial charge in [-0.3, -0.25) is 0 Å². The molecule has 4 aromatic rings. The Hall–Kier alpha value is -3.12. The number of ether oxygens (including phenoxy) is 1. The molecule has 152 valence electrons. The Morgan fingerprint density at radius 1 is 0.967 bits per heavy atom. The average Bonchev–Trinajstić information content (AvgIpc) is 3.29. The number of aromatic amines is 1. The van der Waals surface area contributed by atoms with Crippen LogP contribution < -0.4 is 19.5 Å². The zero-order chi connectivity index (χ0) is 20.5. The van der Waals surface area contributed by atoms with Crippen molar-refractivity contribution in [1.29, 1.82) is 0 Å². The van der Waals surface area contributed by atoms with Crippen molar-refractivity contribution in [2.45, 2.75) is 6.92 Å². The van der Waals surface area contributed by atoms with Crippen LogP contribution in [0.15, 0.2) is 60.0 Å². The van der Waals surface area contributed by atoms with Crippen LogP contribution in [-0.2, 0) is 0 Å². The lowest BCUT2D eigenvalue weighted by Gasteiger charge is -2.36. The number of aryl methyl sites for hydroxylation is 1. The van der Waals surface area contributed by atoms with E-state index in [2.05, 4.69) is 69.6 Å². The number of hydrogen-bond donors (Lipinski definition) is 0. The number of anilines is 2.